The predicted octanol–water partition coefficient (Wildman–Crippen LogP) is 3.72. The molecule has 0 fully saturated rings. The molecule has 168 valence electrons. The molecule has 4 rings (SSSR count). The number of anilines is 2. The molecule has 0 atom stereocenters. The Morgan fingerprint density at radius 2 is 1.91 bits per heavy atom. The Morgan fingerprint density at radius 3 is 2.73 bits per heavy atom. The summed E-state index contributed by atoms with van der Waals surface area (Å²) in [6.07, 6.45) is 1.63. The molecule has 0 aliphatic carbocycles. The van der Waals surface area contributed by atoms with Crippen LogP contribution in [0.15, 0.2) is 77.0 Å². The number of thioether (sulfide) groups is 1. The van der Waals surface area contributed by atoms with E-state index in [0.717, 1.165) is 27.8 Å². The lowest BCUT2D eigenvalue weighted by molar-refractivity contribution is -0.113. The van der Waals surface area contributed by atoms with E-state index in [0.29, 0.717) is 11.8 Å². The van der Waals surface area contributed by atoms with Crippen LogP contribution in [-0.4, -0.2) is 39.4 Å². The van der Waals surface area contributed by atoms with Crippen LogP contribution in [0.3, 0.4) is 0 Å². The number of hydrogen-bond donors (Lipinski definition) is 3. The van der Waals surface area contributed by atoms with Gasteiger partial charge in [-0.05, 0) is 48.2 Å². The number of benzene rings is 3. The van der Waals surface area contributed by atoms with Crippen LogP contribution in [0.4, 0.5) is 11.6 Å². The number of carbonyl (C=O) groups excluding carboxylic acids is 1. The number of rotatable bonds is 9. The summed E-state index contributed by atoms with van der Waals surface area (Å²) < 4.78 is 6.67. The summed E-state index contributed by atoms with van der Waals surface area (Å²) in [5.74, 6) is 7.06. The van der Waals surface area contributed by atoms with Gasteiger partial charge in [0.1, 0.15) is 5.75 Å². The number of nitrogens with one attached hydrogen (secondary N) is 2. The predicted molar refractivity (Wildman–Crippen MR) is 132 cm³/mol. The van der Waals surface area contributed by atoms with Crippen molar-refractivity contribution in [1.82, 2.24) is 14.9 Å². The van der Waals surface area contributed by atoms with E-state index < -0.39 is 0 Å². The fourth-order valence-electron chi connectivity index (χ4n) is 3.08. The van der Waals surface area contributed by atoms with Crippen LogP contribution in [-0.2, 0) is 4.79 Å². The van der Waals surface area contributed by atoms with Gasteiger partial charge in [-0.25, -0.2) is 10.1 Å². The van der Waals surface area contributed by atoms with E-state index in [9.17, 15) is 4.79 Å². The fourth-order valence-corrected chi connectivity index (χ4v) is 3.74. The Hall–Kier alpha value is -4.05. The molecule has 9 nitrogen and oxygen atoms in total. The van der Waals surface area contributed by atoms with Gasteiger partial charge in [0.05, 0.1) is 18.6 Å². The maximum absolute atomic E-state index is 12.5. The van der Waals surface area contributed by atoms with Gasteiger partial charge in [-0.2, -0.15) is 5.10 Å². The number of aromatic nitrogens is 3. The number of hydrogen-bond acceptors (Lipinski definition) is 8. The van der Waals surface area contributed by atoms with Gasteiger partial charge >= 0.3 is 0 Å². The van der Waals surface area contributed by atoms with E-state index in [1.165, 1.54) is 16.4 Å². The third-order valence-electron chi connectivity index (χ3n) is 4.63. The number of ether oxygens (including phenoxy) is 1. The molecule has 0 saturated heterocycles. The van der Waals surface area contributed by atoms with Crippen molar-refractivity contribution in [3.63, 3.8) is 0 Å². The summed E-state index contributed by atoms with van der Waals surface area (Å²) >= 11 is 1.18. The second-order valence-electron chi connectivity index (χ2n) is 6.91. The number of nitrogens with two attached hydrogens (primary N) is 1. The molecule has 0 saturated carbocycles. The maximum Gasteiger partial charge on any atom is 0.264 e. The first kappa shape index (κ1) is 22.2. The average Bonchev–Trinajstić information content (AvgIpc) is 3.18. The number of nitrogen functional groups attached to an aromatic ring is 1. The molecule has 4 N–H and O–H groups in total. The molecule has 1 amide bonds. The van der Waals surface area contributed by atoms with Crippen LogP contribution in [0, 0.1) is 0 Å². The SMILES string of the molecule is CCOc1ccc(/C=N/Nc2nnc(SCC(=O)Nc3cccc4ccccc34)n2N)cc1. The highest BCUT2D eigenvalue weighted by Gasteiger charge is 2.12. The fraction of sp³-hybridized carbons (Fsp3) is 0.130. The lowest BCUT2D eigenvalue weighted by atomic mass is 10.1. The van der Waals surface area contributed by atoms with Gasteiger partial charge in [-0.15, -0.1) is 10.2 Å². The van der Waals surface area contributed by atoms with Crippen molar-refractivity contribution >= 4 is 46.3 Å². The van der Waals surface area contributed by atoms with Gasteiger partial charge in [-0.3, -0.25) is 4.79 Å². The second kappa shape index (κ2) is 10.5. The zero-order chi connectivity index (χ0) is 23.0. The van der Waals surface area contributed by atoms with E-state index >= 15 is 0 Å². The molecular weight excluding hydrogens is 438 g/mol. The van der Waals surface area contributed by atoms with Gasteiger partial charge in [0.25, 0.3) is 5.95 Å². The largest absolute Gasteiger partial charge is 0.494 e. The van der Waals surface area contributed by atoms with E-state index in [4.69, 9.17) is 10.6 Å². The summed E-state index contributed by atoms with van der Waals surface area (Å²) in [7, 11) is 0. The zero-order valence-electron chi connectivity index (χ0n) is 17.9. The highest BCUT2D eigenvalue weighted by molar-refractivity contribution is 7.99. The normalized spacial score (nSPS) is 11.1. The van der Waals surface area contributed by atoms with Gasteiger partial charge in [0.15, 0.2) is 0 Å². The quantitative estimate of drug-likeness (QED) is 0.150. The summed E-state index contributed by atoms with van der Waals surface area (Å²) in [5, 5.41) is 17.5. The first-order chi connectivity index (χ1) is 16.1. The summed E-state index contributed by atoms with van der Waals surface area (Å²) in [6.45, 7) is 2.55. The average molecular weight is 462 g/mol. The molecule has 0 spiro atoms. The number of hydrazone groups is 1. The van der Waals surface area contributed by atoms with Gasteiger partial charge in [0.2, 0.25) is 11.1 Å². The van der Waals surface area contributed by atoms with Crippen LogP contribution < -0.4 is 21.3 Å². The molecule has 1 aromatic heterocycles. The highest BCUT2D eigenvalue weighted by Crippen LogP contribution is 2.24. The third-order valence-corrected chi connectivity index (χ3v) is 5.57. The monoisotopic (exact) mass is 461 g/mol. The van der Waals surface area contributed by atoms with Gasteiger partial charge < -0.3 is 15.9 Å². The maximum atomic E-state index is 12.5. The summed E-state index contributed by atoms with van der Waals surface area (Å²) in [4.78, 5) is 12.5. The number of fused-ring (bicyclic) bond motifs is 1. The van der Waals surface area contributed by atoms with Crippen molar-refractivity contribution in [1.29, 1.82) is 0 Å². The van der Waals surface area contributed by atoms with E-state index in [1.807, 2.05) is 73.7 Å². The van der Waals surface area contributed by atoms with Crippen LogP contribution in [0.5, 0.6) is 5.75 Å². The lowest BCUT2D eigenvalue weighted by Crippen LogP contribution is -2.17. The first-order valence-corrected chi connectivity index (χ1v) is 11.3. The van der Waals surface area contributed by atoms with Crippen LogP contribution in [0.25, 0.3) is 10.8 Å². The molecule has 0 radical (unpaired) electrons. The molecule has 0 aliphatic rings. The van der Waals surface area contributed by atoms with Crippen molar-refractivity contribution in [2.75, 3.05) is 28.9 Å². The Kier molecular flexibility index (Phi) is 7.06. The molecule has 0 bridgehead atoms. The molecule has 4 aromatic rings. The molecule has 33 heavy (non-hydrogen) atoms. The van der Waals surface area contributed by atoms with E-state index in [2.05, 4.69) is 26.0 Å². The molecule has 0 unspecified atom stereocenters. The standard InChI is InChI=1S/C23H23N7O2S/c1-2-32-18-12-10-16(11-13-18)14-25-27-22-28-29-23(30(22)24)33-15-21(31)26-20-9-5-7-17-6-3-4-8-19(17)20/h3-14H,2,15,24H2,1H3,(H,26,31)(H,27,28)/b25-14+. The molecular formula is C23H23N7O2S. The van der Waals surface area contributed by atoms with Crippen molar-refractivity contribution < 1.29 is 9.53 Å². The van der Waals surface area contributed by atoms with Gasteiger partial charge in [0, 0.05) is 11.1 Å². The molecule has 0 aliphatic heterocycles. The van der Waals surface area contributed by atoms with E-state index in [1.54, 1.807) is 6.21 Å². The molecule has 1 heterocycles. The molecule has 3 aromatic carbocycles. The summed E-state index contributed by atoms with van der Waals surface area (Å²) in [5.41, 5.74) is 4.40. The number of amides is 1. The minimum atomic E-state index is -0.164. The van der Waals surface area contributed by atoms with Crippen molar-refractivity contribution in [2.24, 2.45) is 5.10 Å². The lowest BCUT2D eigenvalue weighted by Gasteiger charge is -2.08. The molecule has 10 heteroatoms. The van der Waals surface area contributed by atoms with Crippen LogP contribution in [0.1, 0.15) is 12.5 Å². The van der Waals surface area contributed by atoms with E-state index in [-0.39, 0.29) is 17.6 Å². The Balaban J connectivity index is 1.31. The Labute approximate surface area is 195 Å². The van der Waals surface area contributed by atoms with Crippen LogP contribution >= 0.6 is 11.8 Å². The van der Waals surface area contributed by atoms with Gasteiger partial charge in [-0.1, -0.05) is 48.2 Å². The minimum Gasteiger partial charge on any atom is -0.494 e. The topological polar surface area (TPSA) is 119 Å². The second-order valence-corrected chi connectivity index (χ2v) is 7.85. The van der Waals surface area contributed by atoms with Crippen molar-refractivity contribution in [3.8, 4) is 5.75 Å². The van der Waals surface area contributed by atoms with Crippen LogP contribution in [0.2, 0.25) is 0 Å². The Morgan fingerprint density at radius 1 is 1.12 bits per heavy atom. The van der Waals surface area contributed by atoms with Crippen molar-refractivity contribution in [3.05, 3.63) is 72.3 Å². The smallest absolute Gasteiger partial charge is 0.264 e. The number of carbonyl (C=O) groups is 1. The number of nitrogens with zero attached hydrogens (tertiary/aromatic N) is 4. The third kappa shape index (κ3) is 5.60. The summed E-state index contributed by atoms with van der Waals surface area (Å²) in [6, 6.07) is 21.2. The minimum absolute atomic E-state index is 0.133. The zero-order valence-corrected chi connectivity index (χ0v) is 18.7. The van der Waals surface area contributed by atoms with Crippen molar-refractivity contribution in [2.45, 2.75) is 12.1 Å². The Bertz CT molecular complexity index is 1270. The highest BCUT2D eigenvalue weighted by atomic mass is 32.2. The first-order valence-electron chi connectivity index (χ1n) is 10.3.